The first-order chi connectivity index (χ1) is 4.69. The number of hydrogen-bond acceptors (Lipinski definition) is 2. The van der Waals surface area contributed by atoms with E-state index >= 15 is 0 Å². The molecule has 0 aromatic heterocycles. The van der Waals surface area contributed by atoms with Crippen LogP contribution in [0.15, 0.2) is 0 Å². The van der Waals surface area contributed by atoms with E-state index in [2.05, 4.69) is 6.92 Å². The smallest absolute Gasteiger partial charge is 0.0797 e. The Hall–Kier alpha value is -0.0800. The molecule has 1 aliphatic rings. The summed E-state index contributed by atoms with van der Waals surface area (Å²) in [5.41, 5.74) is 5.23. The largest absolute Gasteiger partial charge is 0.388 e. The lowest BCUT2D eigenvalue weighted by molar-refractivity contribution is 0.0228. The maximum absolute atomic E-state index is 9.83. The first-order valence-corrected chi connectivity index (χ1v) is 4.17. The Bertz CT molecular complexity index is 116. The van der Waals surface area contributed by atoms with Crippen LogP contribution in [0.3, 0.4) is 0 Å². The van der Waals surface area contributed by atoms with E-state index < -0.39 is 5.60 Å². The highest BCUT2D eigenvalue weighted by atomic mass is 16.3. The average molecular weight is 143 g/mol. The van der Waals surface area contributed by atoms with Gasteiger partial charge >= 0.3 is 0 Å². The fraction of sp³-hybridized carbons (Fsp3) is 1.00. The monoisotopic (exact) mass is 143 g/mol. The van der Waals surface area contributed by atoms with E-state index in [9.17, 15) is 5.11 Å². The second-order valence-corrected chi connectivity index (χ2v) is 3.35. The molecule has 1 saturated carbocycles. The minimum Gasteiger partial charge on any atom is -0.388 e. The first kappa shape index (κ1) is 8.02. The topological polar surface area (TPSA) is 46.2 Å². The van der Waals surface area contributed by atoms with Crippen LogP contribution < -0.4 is 5.73 Å². The predicted octanol–water partition coefficient (Wildman–Crippen LogP) is 1.03. The lowest BCUT2D eigenvalue weighted by Crippen LogP contribution is -2.43. The van der Waals surface area contributed by atoms with Crippen LogP contribution in [0.1, 0.15) is 39.0 Å². The molecule has 2 unspecified atom stereocenters. The maximum atomic E-state index is 9.83. The lowest BCUT2D eigenvalue weighted by atomic mass is 9.93. The van der Waals surface area contributed by atoms with Crippen LogP contribution in [-0.4, -0.2) is 16.7 Å². The Labute approximate surface area is 62.4 Å². The van der Waals surface area contributed by atoms with E-state index in [1.54, 1.807) is 0 Å². The average Bonchev–Trinajstić information content (AvgIpc) is 2.15. The molecule has 60 valence electrons. The summed E-state index contributed by atoms with van der Waals surface area (Å²) in [6.07, 6.45) is 4.90. The van der Waals surface area contributed by atoms with Crippen molar-refractivity contribution in [3.63, 3.8) is 0 Å². The van der Waals surface area contributed by atoms with Gasteiger partial charge in [-0.05, 0) is 25.7 Å². The Morgan fingerprint density at radius 3 is 2.80 bits per heavy atom. The third kappa shape index (κ3) is 1.32. The minimum atomic E-state index is -0.519. The Morgan fingerprint density at radius 2 is 2.40 bits per heavy atom. The molecule has 0 aromatic rings. The Morgan fingerprint density at radius 1 is 1.70 bits per heavy atom. The molecule has 1 rings (SSSR count). The zero-order chi connectivity index (χ0) is 7.61. The van der Waals surface area contributed by atoms with Gasteiger partial charge in [0.15, 0.2) is 0 Å². The van der Waals surface area contributed by atoms with Crippen LogP contribution in [-0.2, 0) is 0 Å². The summed E-state index contributed by atoms with van der Waals surface area (Å²) in [5.74, 6) is 0. The van der Waals surface area contributed by atoms with Crippen molar-refractivity contribution in [1.29, 1.82) is 0 Å². The van der Waals surface area contributed by atoms with E-state index in [-0.39, 0.29) is 6.04 Å². The summed E-state index contributed by atoms with van der Waals surface area (Å²) in [7, 11) is 0. The molecule has 0 spiro atoms. The number of hydrogen-bond donors (Lipinski definition) is 2. The van der Waals surface area contributed by atoms with E-state index in [0.29, 0.717) is 0 Å². The van der Waals surface area contributed by atoms with Gasteiger partial charge < -0.3 is 10.8 Å². The summed E-state index contributed by atoms with van der Waals surface area (Å²) < 4.78 is 0. The highest BCUT2D eigenvalue weighted by molar-refractivity contribution is 4.94. The fourth-order valence-corrected chi connectivity index (χ4v) is 1.83. The molecule has 0 aliphatic heterocycles. The van der Waals surface area contributed by atoms with Gasteiger partial charge in [0, 0.05) is 6.04 Å². The normalized spacial score (nSPS) is 40.5. The van der Waals surface area contributed by atoms with Crippen LogP contribution in [0.4, 0.5) is 0 Å². The molecule has 0 bridgehead atoms. The van der Waals surface area contributed by atoms with Crippen molar-refractivity contribution >= 4 is 0 Å². The predicted molar refractivity (Wildman–Crippen MR) is 41.7 cm³/mol. The highest BCUT2D eigenvalue weighted by Gasteiger charge is 2.37. The third-order valence-corrected chi connectivity index (χ3v) is 2.50. The third-order valence-electron chi connectivity index (χ3n) is 2.50. The molecule has 0 heterocycles. The molecule has 2 atom stereocenters. The van der Waals surface area contributed by atoms with Gasteiger partial charge in [-0.25, -0.2) is 0 Å². The number of rotatable bonds is 2. The highest BCUT2D eigenvalue weighted by Crippen LogP contribution is 2.32. The molecule has 0 radical (unpaired) electrons. The van der Waals surface area contributed by atoms with Crippen LogP contribution in [0.25, 0.3) is 0 Å². The van der Waals surface area contributed by atoms with Gasteiger partial charge in [0.1, 0.15) is 0 Å². The van der Waals surface area contributed by atoms with E-state index in [0.717, 1.165) is 32.1 Å². The van der Waals surface area contributed by atoms with Gasteiger partial charge in [0.05, 0.1) is 5.60 Å². The lowest BCUT2D eigenvalue weighted by Gasteiger charge is -2.26. The van der Waals surface area contributed by atoms with Crippen LogP contribution in [0.2, 0.25) is 0 Å². The van der Waals surface area contributed by atoms with Gasteiger partial charge in [-0.1, -0.05) is 13.3 Å². The van der Waals surface area contributed by atoms with Crippen molar-refractivity contribution in [2.45, 2.75) is 50.7 Å². The molecule has 2 nitrogen and oxygen atoms in total. The van der Waals surface area contributed by atoms with Crippen molar-refractivity contribution in [2.24, 2.45) is 5.73 Å². The van der Waals surface area contributed by atoms with Crippen LogP contribution in [0.5, 0.6) is 0 Å². The number of aliphatic hydroxyl groups is 1. The molecule has 0 saturated heterocycles. The van der Waals surface area contributed by atoms with Gasteiger partial charge in [0.2, 0.25) is 0 Å². The molecule has 2 heteroatoms. The summed E-state index contributed by atoms with van der Waals surface area (Å²) >= 11 is 0. The van der Waals surface area contributed by atoms with Crippen molar-refractivity contribution < 1.29 is 5.11 Å². The molecule has 1 aliphatic carbocycles. The Balaban J connectivity index is 2.48. The van der Waals surface area contributed by atoms with Crippen LogP contribution in [0, 0.1) is 0 Å². The summed E-state index contributed by atoms with van der Waals surface area (Å²) in [5, 5.41) is 9.83. The minimum absolute atomic E-state index is 0.0347. The van der Waals surface area contributed by atoms with Crippen molar-refractivity contribution in [2.75, 3.05) is 0 Å². The van der Waals surface area contributed by atoms with Crippen molar-refractivity contribution in [3.8, 4) is 0 Å². The second-order valence-electron chi connectivity index (χ2n) is 3.35. The summed E-state index contributed by atoms with van der Waals surface area (Å²) in [4.78, 5) is 0. The quantitative estimate of drug-likeness (QED) is 0.606. The Kier molecular flexibility index (Phi) is 2.32. The second kappa shape index (κ2) is 2.89. The zero-order valence-electron chi connectivity index (χ0n) is 6.64. The van der Waals surface area contributed by atoms with Gasteiger partial charge in [-0.15, -0.1) is 0 Å². The van der Waals surface area contributed by atoms with Gasteiger partial charge in [0.25, 0.3) is 0 Å². The van der Waals surface area contributed by atoms with E-state index in [4.69, 9.17) is 5.73 Å². The number of nitrogens with two attached hydrogens (primary N) is 1. The fourth-order valence-electron chi connectivity index (χ4n) is 1.83. The van der Waals surface area contributed by atoms with Gasteiger partial charge in [-0.3, -0.25) is 0 Å². The molecule has 0 aromatic carbocycles. The maximum Gasteiger partial charge on any atom is 0.0797 e. The molecule has 3 N–H and O–H groups in total. The van der Waals surface area contributed by atoms with Crippen LogP contribution >= 0.6 is 0 Å². The molecular formula is C8H17NO. The SMILES string of the molecule is CCCC1(O)CCCC1N. The zero-order valence-corrected chi connectivity index (χ0v) is 6.64. The van der Waals surface area contributed by atoms with Crippen molar-refractivity contribution in [1.82, 2.24) is 0 Å². The first-order valence-electron chi connectivity index (χ1n) is 4.17. The molecule has 1 fully saturated rings. The van der Waals surface area contributed by atoms with Gasteiger partial charge in [-0.2, -0.15) is 0 Å². The summed E-state index contributed by atoms with van der Waals surface area (Å²) in [6, 6.07) is 0.0347. The summed E-state index contributed by atoms with van der Waals surface area (Å²) in [6.45, 7) is 2.09. The van der Waals surface area contributed by atoms with E-state index in [1.165, 1.54) is 0 Å². The van der Waals surface area contributed by atoms with Crippen molar-refractivity contribution in [3.05, 3.63) is 0 Å². The molecular weight excluding hydrogens is 126 g/mol. The standard InChI is InChI=1S/C8H17NO/c1-2-5-8(10)6-3-4-7(8)9/h7,10H,2-6,9H2,1H3. The molecule has 0 amide bonds. The molecule has 10 heavy (non-hydrogen) atoms. The van der Waals surface area contributed by atoms with E-state index in [1.807, 2.05) is 0 Å².